The number of likely N-dealkylation sites (N-methyl/N-ethyl adjacent to an activating group) is 2. The Kier molecular flexibility index (Phi) is 9.18. The number of carbonyl (C=O) groups excluding carboxylic acids is 4. The summed E-state index contributed by atoms with van der Waals surface area (Å²) in [5.74, 6) is -1.00. The van der Waals surface area contributed by atoms with Crippen molar-refractivity contribution in [2.75, 3.05) is 44.9 Å². The highest BCUT2D eigenvalue weighted by atomic mass is 16.6. The van der Waals surface area contributed by atoms with Crippen molar-refractivity contribution in [3.05, 3.63) is 95.1 Å². The van der Waals surface area contributed by atoms with Crippen molar-refractivity contribution in [2.24, 2.45) is 0 Å². The SMILES string of the molecule is COC(=O)c1ccc2c(c1)NC(=O)/C2=C(\Nc1ccc(C(=O)N(C)CCN(C)C(=O)OC(C)(C)C)cc1)c1ccccc1. The van der Waals surface area contributed by atoms with Gasteiger partial charge in [-0.25, -0.2) is 9.59 Å². The zero-order valence-corrected chi connectivity index (χ0v) is 25.2. The van der Waals surface area contributed by atoms with Gasteiger partial charge in [0.05, 0.1) is 29.6 Å². The van der Waals surface area contributed by atoms with Gasteiger partial charge in [0, 0.05) is 44.0 Å². The number of hydrogen-bond donors (Lipinski definition) is 2. The first-order valence-electron chi connectivity index (χ1n) is 13.8. The molecule has 0 aliphatic carbocycles. The fraction of sp³-hybridized carbons (Fsp3) is 0.273. The Bertz CT molecular complexity index is 1560. The standard InChI is InChI=1S/C33H36N4O6/c1-33(2,3)43-32(41)37(5)19-18-36(4)30(39)22-12-15-24(16-13-22)34-28(21-10-8-7-9-11-21)27-25-17-14-23(31(40)42-6)20-26(25)35-29(27)38/h7-17,20,34H,18-19H2,1-6H3,(H,35,38)/b28-27-. The van der Waals surface area contributed by atoms with Crippen molar-refractivity contribution in [3.8, 4) is 0 Å². The molecule has 0 radical (unpaired) electrons. The van der Waals surface area contributed by atoms with Gasteiger partial charge < -0.3 is 29.9 Å². The average Bonchev–Trinajstić information content (AvgIpc) is 3.32. The number of methoxy groups -OCH3 is 1. The monoisotopic (exact) mass is 584 g/mol. The summed E-state index contributed by atoms with van der Waals surface area (Å²) in [6.45, 7) is 6.04. The molecule has 2 N–H and O–H groups in total. The Labute approximate surface area is 251 Å². The molecule has 224 valence electrons. The van der Waals surface area contributed by atoms with Gasteiger partial charge in [0.15, 0.2) is 0 Å². The van der Waals surface area contributed by atoms with Crippen LogP contribution in [0.2, 0.25) is 0 Å². The highest BCUT2D eigenvalue weighted by molar-refractivity contribution is 6.37. The average molecular weight is 585 g/mol. The molecule has 3 aromatic carbocycles. The number of benzene rings is 3. The van der Waals surface area contributed by atoms with Crippen LogP contribution < -0.4 is 10.6 Å². The molecule has 1 aliphatic heterocycles. The number of anilines is 2. The lowest BCUT2D eigenvalue weighted by Gasteiger charge is -2.26. The first kappa shape index (κ1) is 30.8. The Hall–Kier alpha value is -5.12. The van der Waals surface area contributed by atoms with Gasteiger partial charge >= 0.3 is 12.1 Å². The topological polar surface area (TPSA) is 117 Å². The minimum Gasteiger partial charge on any atom is -0.465 e. The number of fused-ring (bicyclic) bond motifs is 1. The van der Waals surface area contributed by atoms with E-state index in [9.17, 15) is 19.2 Å². The molecular formula is C33H36N4O6. The second kappa shape index (κ2) is 12.8. The van der Waals surface area contributed by atoms with E-state index < -0.39 is 17.7 Å². The Balaban J connectivity index is 1.54. The van der Waals surface area contributed by atoms with Crippen molar-refractivity contribution in [1.29, 1.82) is 0 Å². The molecule has 3 aromatic rings. The lowest BCUT2D eigenvalue weighted by Crippen LogP contribution is -2.39. The molecule has 0 unspecified atom stereocenters. The highest BCUT2D eigenvalue weighted by Crippen LogP contribution is 2.38. The normalized spacial score (nSPS) is 13.4. The quantitative estimate of drug-likeness (QED) is 0.271. The number of nitrogens with zero attached hydrogens (tertiary/aromatic N) is 2. The van der Waals surface area contributed by atoms with Crippen LogP contribution in [-0.2, 0) is 14.3 Å². The molecular weight excluding hydrogens is 548 g/mol. The molecule has 0 atom stereocenters. The zero-order chi connectivity index (χ0) is 31.3. The Morgan fingerprint density at radius 1 is 0.837 bits per heavy atom. The third-order valence-corrected chi connectivity index (χ3v) is 6.72. The van der Waals surface area contributed by atoms with Crippen molar-refractivity contribution >= 4 is 46.5 Å². The second-order valence-electron chi connectivity index (χ2n) is 11.2. The van der Waals surface area contributed by atoms with E-state index in [2.05, 4.69) is 10.6 Å². The minimum atomic E-state index is -0.599. The summed E-state index contributed by atoms with van der Waals surface area (Å²) < 4.78 is 10.2. The molecule has 0 fully saturated rings. The van der Waals surface area contributed by atoms with Crippen LogP contribution in [0.3, 0.4) is 0 Å². The maximum absolute atomic E-state index is 13.2. The smallest absolute Gasteiger partial charge is 0.410 e. The van der Waals surface area contributed by atoms with Crippen molar-refractivity contribution in [1.82, 2.24) is 9.80 Å². The van der Waals surface area contributed by atoms with E-state index in [1.165, 1.54) is 12.0 Å². The van der Waals surface area contributed by atoms with Crippen LogP contribution in [-0.4, -0.2) is 73.6 Å². The molecule has 1 aliphatic rings. The van der Waals surface area contributed by atoms with E-state index in [1.807, 2.05) is 30.3 Å². The van der Waals surface area contributed by atoms with E-state index in [0.717, 1.165) is 5.56 Å². The van der Waals surface area contributed by atoms with Crippen LogP contribution in [0.1, 0.15) is 52.6 Å². The summed E-state index contributed by atoms with van der Waals surface area (Å²) in [5, 5.41) is 6.22. The number of carbonyl (C=O) groups is 4. The van der Waals surface area contributed by atoms with Crippen LogP contribution in [0, 0.1) is 0 Å². The molecule has 10 nitrogen and oxygen atoms in total. The summed E-state index contributed by atoms with van der Waals surface area (Å²) in [4.78, 5) is 53.5. The van der Waals surface area contributed by atoms with Crippen LogP contribution in [0.5, 0.6) is 0 Å². The number of hydrogen-bond acceptors (Lipinski definition) is 7. The summed E-state index contributed by atoms with van der Waals surface area (Å²) in [7, 11) is 4.61. The Morgan fingerprint density at radius 2 is 1.47 bits per heavy atom. The van der Waals surface area contributed by atoms with Crippen molar-refractivity contribution < 1.29 is 28.7 Å². The summed E-state index contributed by atoms with van der Waals surface area (Å²) in [5.41, 5.74) is 3.82. The third kappa shape index (κ3) is 7.40. The van der Waals surface area contributed by atoms with E-state index in [-0.39, 0.29) is 11.8 Å². The number of ether oxygens (including phenoxy) is 2. The lowest BCUT2D eigenvalue weighted by molar-refractivity contribution is -0.110. The van der Waals surface area contributed by atoms with Crippen LogP contribution in [0.15, 0.2) is 72.8 Å². The van der Waals surface area contributed by atoms with Crippen LogP contribution >= 0.6 is 0 Å². The minimum absolute atomic E-state index is 0.198. The molecule has 3 amide bonds. The largest absolute Gasteiger partial charge is 0.465 e. The first-order valence-corrected chi connectivity index (χ1v) is 13.8. The molecule has 10 heteroatoms. The van der Waals surface area contributed by atoms with Crippen LogP contribution in [0.4, 0.5) is 16.2 Å². The van der Waals surface area contributed by atoms with Gasteiger partial charge in [0.1, 0.15) is 5.60 Å². The third-order valence-electron chi connectivity index (χ3n) is 6.72. The molecule has 1 heterocycles. The number of rotatable bonds is 8. The molecule has 4 rings (SSSR count). The molecule has 0 spiro atoms. The fourth-order valence-electron chi connectivity index (χ4n) is 4.44. The van der Waals surface area contributed by atoms with Crippen molar-refractivity contribution in [2.45, 2.75) is 26.4 Å². The molecule has 0 aromatic heterocycles. The van der Waals surface area contributed by atoms with Gasteiger partial charge in [-0.2, -0.15) is 0 Å². The fourth-order valence-corrected chi connectivity index (χ4v) is 4.44. The Morgan fingerprint density at radius 3 is 2.09 bits per heavy atom. The zero-order valence-electron chi connectivity index (χ0n) is 25.2. The van der Waals surface area contributed by atoms with Crippen molar-refractivity contribution in [3.63, 3.8) is 0 Å². The maximum Gasteiger partial charge on any atom is 0.410 e. The maximum atomic E-state index is 13.2. The molecule has 0 saturated heterocycles. The second-order valence-corrected chi connectivity index (χ2v) is 11.2. The lowest BCUT2D eigenvalue weighted by atomic mass is 9.99. The van der Waals surface area contributed by atoms with E-state index in [4.69, 9.17) is 9.47 Å². The van der Waals surface area contributed by atoms with Crippen LogP contribution in [0.25, 0.3) is 11.3 Å². The molecule has 0 saturated carbocycles. The van der Waals surface area contributed by atoms with Gasteiger partial charge in [0.25, 0.3) is 11.8 Å². The van der Waals surface area contributed by atoms with Gasteiger partial charge in [-0.15, -0.1) is 0 Å². The summed E-state index contributed by atoms with van der Waals surface area (Å²) in [6.07, 6.45) is -0.449. The van der Waals surface area contributed by atoms with E-state index in [0.29, 0.717) is 52.4 Å². The molecule has 43 heavy (non-hydrogen) atoms. The predicted octanol–water partition coefficient (Wildman–Crippen LogP) is 5.34. The number of amides is 3. The summed E-state index contributed by atoms with van der Waals surface area (Å²) in [6, 6.07) is 21.3. The highest BCUT2D eigenvalue weighted by Gasteiger charge is 2.29. The predicted molar refractivity (Wildman–Crippen MR) is 166 cm³/mol. The first-order chi connectivity index (χ1) is 20.4. The number of nitrogens with one attached hydrogen (secondary N) is 2. The number of esters is 1. The van der Waals surface area contributed by atoms with Gasteiger partial charge in [0.2, 0.25) is 0 Å². The van der Waals surface area contributed by atoms with E-state index in [1.54, 1.807) is 82.2 Å². The van der Waals surface area contributed by atoms with Gasteiger partial charge in [-0.3, -0.25) is 9.59 Å². The van der Waals surface area contributed by atoms with Gasteiger partial charge in [-0.05, 0) is 62.7 Å². The van der Waals surface area contributed by atoms with E-state index >= 15 is 0 Å². The molecule has 0 bridgehead atoms. The van der Waals surface area contributed by atoms with Gasteiger partial charge in [-0.1, -0.05) is 36.4 Å². The summed E-state index contributed by atoms with van der Waals surface area (Å²) >= 11 is 0.